The summed E-state index contributed by atoms with van der Waals surface area (Å²) in [7, 11) is 0. The predicted octanol–water partition coefficient (Wildman–Crippen LogP) is 2.95. The Labute approximate surface area is 146 Å². The van der Waals surface area contributed by atoms with E-state index < -0.39 is 11.5 Å². The van der Waals surface area contributed by atoms with Crippen LogP contribution in [-0.2, 0) is 4.74 Å². The number of hydrogen-bond acceptors (Lipinski definition) is 7. The molecule has 0 spiro atoms. The number of rotatable bonds is 4. The Morgan fingerprint density at radius 2 is 2.24 bits per heavy atom. The SMILES string of the molecule is CCOC(=O)c1cc2cc(-c3nc(SC)[nH]c(=O)c3C#N)ccc2o1. The highest BCUT2D eigenvalue weighted by Crippen LogP contribution is 2.27. The molecule has 7 nitrogen and oxygen atoms in total. The molecule has 8 heteroatoms. The van der Waals surface area contributed by atoms with E-state index in [4.69, 9.17) is 9.15 Å². The van der Waals surface area contributed by atoms with E-state index in [0.29, 0.717) is 21.7 Å². The van der Waals surface area contributed by atoms with Gasteiger partial charge in [-0.2, -0.15) is 5.26 Å². The van der Waals surface area contributed by atoms with Gasteiger partial charge in [-0.15, -0.1) is 0 Å². The molecule has 0 unspecified atom stereocenters. The summed E-state index contributed by atoms with van der Waals surface area (Å²) in [5.74, 6) is -0.449. The fourth-order valence-electron chi connectivity index (χ4n) is 2.36. The van der Waals surface area contributed by atoms with Gasteiger partial charge in [0, 0.05) is 10.9 Å². The van der Waals surface area contributed by atoms with Gasteiger partial charge in [0.25, 0.3) is 5.56 Å². The number of fused-ring (bicyclic) bond motifs is 1. The van der Waals surface area contributed by atoms with Gasteiger partial charge in [-0.05, 0) is 37.4 Å². The highest BCUT2D eigenvalue weighted by molar-refractivity contribution is 7.98. The molecule has 0 aliphatic carbocycles. The highest BCUT2D eigenvalue weighted by atomic mass is 32.2. The molecule has 0 fully saturated rings. The summed E-state index contributed by atoms with van der Waals surface area (Å²) < 4.78 is 10.4. The third kappa shape index (κ3) is 3.14. The van der Waals surface area contributed by atoms with Crippen LogP contribution in [0.1, 0.15) is 23.0 Å². The smallest absolute Gasteiger partial charge is 0.374 e. The minimum absolute atomic E-state index is 0.0636. The van der Waals surface area contributed by atoms with E-state index >= 15 is 0 Å². The molecule has 0 saturated heterocycles. The van der Waals surface area contributed by atoms with Crippen LogP contribution < -0.4 is 5.56 Å². The Balaban J connectivity index is 2.14. The number of H-pyrrole nitrogens is 1. The van der Waals surface area contributed by atoms with Gasteiger partial charge in [0.05, 0.1) is 12.3 Å². The third-order valence-corrected chi connectivity index (χ3v) is 4.05. The maximum atomic E-state index is 12.0. The lowest BCUT2D eigenvalue weighted by molar-refractivity contribution is 0.0492. The van der Waals surface area contributed by atoms with Gasteiger partial charge >= 0.3 is 5.97 Å². The van der Waals surface area contributed by atoms with Gasteiger partial charge in [-0.25, -0.2) is 9.78 Å². The van der Waals surface area contributed by atoms with Crippen LogP contribution in [0.4, 0.5) is 0 Å². The van der Waals surface area contributed by atoms with Crippen LogP contribution in [0, 0.1) is 11.3 Å². The lowest BCUT2D eigenvalue weighted by Gasteiger charge is -2.05. The molecule has 3 aromatic rings. The van der Waals surface area contributed by atoms with Crippen molar-refractivity contribution in [2.24, 2.45) is 0 Å². The molecular formula is C17H13N3O4S. The highest BCUT2D eigenvalue weighted by Gasteiger charge is 2.17. The van der Waals surface area contributed by atoms with Crippen molar-refractivity contribution in [3.8, 4) is 17.3 Å². The van der Waals surface area contributed by atoms with Gasteiger partial charge < -0.3 is 14.1 Å². The Kier molecular flexibility index (Phi) is 4.59. The third-order valence-electron chi connectivity index (χ3n) is 3.47. The Morgan fingerprint density at radius 1 is 1.44 bits per heavy atom. The van der Waals surface area contributed by atoms with Crippen LogP contribution in [0.25, 0.3) is 22.2 Å². The van der Waals surface area contributed by atoms with E-state index in [-0.39, 0.29) is 23.6 Å². The minimum atomic E-state index is -0.545. The summed E-state index contributed by atoms with van der Waals surface area (Å²) in [6, 6.07) is 8.52. The number of esters is 1. The van der Waals surface area contributed by atoms with Crippen LogP contribution in [0.3, 0.4) is 0 Å². The van der Waals surface area contributed by atoms with Crippen LogP contribution in [0.2, 0.25) is 0 Å². The summed E-state index contributed by atoms with van der Waals surface area (Å²) >= 11 is 1.27. The number of nitriles is 1. The van der Waals surface area contributed by atoms with Crippen molar-refractivity contribution in [1.82, 2.24) is 9.97 Å². The number of aromatic nitrogens is 2. The number of benzene rings is 1. The first-order valence-corrected chi connectivity index (χ1v) is 8.59. The quantitative estimate of drug-likeness (QED) is 0.435. The molecule has 0 saturated carbocycles. The molecule has 0 bridgehead atoms. The molecule has 25 heavy (non-hydrogen) atoms. The van der Waals surface area contributed by atoms with E-state index in [1.54, 1.807) is 37.4 Å². The van der Waals surface area contributed by atoms with Gasteiger partial charge in [-0.1, -0.05) is 11.8 Å². The van der Waals surface area contributed by atoms with E-state index in [0.717, 1.165) is 0 Å². The minimum Gasteiger partial charge on any atom is -0.460 e. The molecule has 0 atom stereocenters. The predicted molar refractivity (Wildman–Crippen MR) is 92.5 cm³/mol. The standard InChI is InChI=1S/C17H13N3O4S/c1-3-23-16(22)13-7-10-6-9(4-5-12(10)24-13)14-11(8-18)15(21)20-17(19-14)25-2/h4-7H,3H2,1-2H3,(H,19,20,21). The summed E-state index contributed by atoms with van der Waals surface area (Å²) in [6.07, 6.45) is 1.78. The largest absolute Gasteiger partial charge is 0.460 e. The zero-order valence-electron chi connectivity index (χ0n) is 13.5. The van der Waals surface area contributed by atoms with Crippen molar-refractivity contribution in [3.05, 3.63) is 45.9 Å². The monoisotopic (exact) mass is 355 g/mol. The molecule has 1 N–H and O–H groups in total. The lowest BCUT2D eigenvalue weighted by atomic mass is 10.1. The number of furan rings is 1. The number of aromatic amines is 1. The maximum absolute atomic E-state index is 12.0. The second-order valence-electron chi connectivity index (χ2n) is 4.99. The van der Waals surface area contributed by atoms with Gasteiger partial charge in [0.2, 0.25) is 5.76 Å². The van der Waals surface area contributed by atoms with Crippen LogP contribution in [-0.4, -0.2) is 28.8 Å². The maximum Gasteiger partial charge on any atom is 0.374 e. The van der Waals surface area contributed by atoms with Crippen molar-refractivity contribution in [2.75, 3.05) is 12.9 Å². The van der Waals surface area contributed by atoms with E-state index in [9.17, 15) is 14.9 Å². The molecule has 0 radical (unpaired) electrons. The zero-order valence-corrected chi connectivity index (χ0v) is 14.3. The Hall–Kier alpha value is -3.05. The van der Waals surface area contributed by atoms with E-state index in [2.05, 4.69) is 9.97 Å². The van der Waals surface area contributed by atoms with Crippen molar-refractivity contribution in [1.29, 1.82) is 5.26 Å². The Bertz CT molecular complexity index is 1060. The number of carbonyl (C=O) groups excluding carboxylic acids is 1. The zero-order chi connectivity index (χ0) is 18.0. The molecule has 2 aromatic heterocycles. The molecule has 126 valence electrons. The number of carbonyl (C=O) groups is 1. The number of ether oxygens (including phenoxy) is 1. The first-order valence-electron chi connectivity index (χ1n) is 7.36. The number of nitrogens with zero attached hydrogens (tertiary/aromatic N) is 2. The molecule has 1 aromatic carbocycles. The average Bonchev–Trinajstić information content (AvgIpc) is 3.04. The molecule has 3 rings (SSSR count). The molecule has 0 aliphatic heterocycles. The van der Waals surface area contributed by atoms with Crippen molar-refractivity contribution < 1.29 is 13.9 Å². The first kappa shape index (κ1) is 16.8. The van der Waals surface area contributed by atoms with Crippen molar-refractivity contribution in [3.63, 3.8) is 0 Å². The summed E-state index contributed by atoms with van der Waals surface area (Å²) in [6.45, 7) is 1.96. The molecular weight excluding hydrogens is 342 g/mol. The van der Waals surface area contributed by atoms with Crippen LogP contribution >= 0.6 is 11.8 Å². The fraction of sp³-hybridized carbons (Fsp3) is 0.176. The normalized spacial score (nSPS) is 10.6. The number of nitrogens with one attached hydrogen (secondary N) is 1. The first-order chi connectivity index (χ1) is 12.1. The second kappa shape index (κ2) is 6.83. The van der Waals surface area contributed by atoms with Gasteiger partial charge in [-0.3, -0.25) is 4.79 Å². The summed E-state index contributed by atoms with van der Waals surface area (Å²) in [4.78, 5) is 30.7. The number of thioether (sulfide) groups is 1. The fourth-order valence-corrected chi connectivity index (χ4v) is 2.73. The summed E-state index contributed by atoms with van der Waals surface area (Å²) in [5, 5.41) is 10.3. The number of hydrogen-bond donors (Lipinski definition) is 1. The van der Waals surface area contributed by atoms with E-state index in [1.807, 2.05) is 6.07 Å². The van der Waals surface area contributed by atoms with Crippen molar-refractivity contribution in [2.45, 2.75) is 12.1 Å². The average molecular weight is 355 g/mol. The van der Waals surface area contributed by atoms with Crippen LogP contribution in [0.15, 0.2) is 38.6 Å². The molecule has 2 heterocycles. The second-order valence-corrected chi connectivity index (χ2v) is 5.79. The van der Waals surface area contributed by atoms with Gasteiger partial charge in [0.15, 0.2) is 5.16 Å². The lowest BCUT2D eigenvalue weighted by Crippen LogP contribution is -2.14. The summed E-state index contributed by atoms with van der Waals surface area (Å²) in [5.41, 5.74) is 0.820. The molecule has 0 amide bonds. The Morgan fingerprint density at radius 3 is 2.92 bits per heavy atom. The van der Waals surface area contributed by atoms with Crippen LogP contribution in [0.5, 0.6) is 0 Å². The topological polar surface area (TPSA) is 109 Å². The van der Waals surface area contributed by atoms with Crippen molar-refractivity contribution >= 4 is 28.7 Å². The van der Waals surface area contributed by atoms with Gasteiger partial charge in [0.1, 0.15) is 17.2 Å². The molecule has 0 aliphatic rings. The van der Waals surface area contributed by atoms with E-state index in [1.165, 1.54) is 11.8 Å².